The third-order valence-corrected chi connectivity index (χ3v) is 3.18. The molecule has 1 aliphatic rings. The first-order valence-electron chi connectivity index (χ1n) is 4.65. The smallest absolute Gasteiger partial charge is 0.101 e. The van der Waals surface area contributed by atoms with Crippen molar-refractivity contribution in [3.05, 3.63) is 34.3 Å². The molecular weight excluding hydrogens is 231 g/mol. The molecule has 2 rings (SSSR count). The summed E-state index contributed by atoms with van der Waals surface area (Å²) in [6, 6.07) is 8.21. The van der Waals surface area contributed by atoms with Crippen LogP contribution in [0.3, 0.4) is 0 Å². The van der Waals surface area contributed by atoms with Crippen LogP contribution in [-0.4, -0.2) is 6.17 Å². The molecule has 2 unspecified atom stereocenters. The maximum Gasteiger partial charge on any atom is 0.101 e. The summed E-state index contributed by atoms with van der Waals surface area (Å²) >= 11 is 3.43. The SMILES string of the molecule is FC1CCC(c2cccc(Br)c2)C1. The van der Waals surface area contributed by atoms with Gasteiger partial charge in [0, 0.05) is 4.47 Å². The molecule has 13 heavy (non-hydrogen) atoms. The number of halogens is 2. The molecule has 0 amide bonds. The van der Waals surface area contributed by atoms with Crippen LogP contribution in [0.15, 0.2) is 28.7 Å². The van der Waals surface area contributed by atoms with Crippen LogP contribution in [0.1, 0.15) is 30.7 Å². The molecule has 1 aromatic rings. The van der Waals surface area contributed by atoms with E-state index in [1.54, 1.807) is 0 Å². The summed E-state index contributed by atoms with van der Waals surface area (Å²) in [5.74, 6) is 0.437. The van der Waals surface area contributed by atoms with Crippen molar-refractivity contribution in [1.29, 1.82) is 0 Å². The van der Waals surface area contributed by atoms with Gasteiger partial charge in [0.25, 0.3) is 0 Å². The Morgan fingerprint density at radius 1 is 1.31 bits per heavy atom. The normalized spacial score (nSPS) is 27.8. The van der Waals surface area contributed by atoms with Gasteiger partial charge >= 0.3 is 0 Å². The predicted molar refractivity (Wildman–Crippen MR) is 55.6 cm³/mol. The van der Waals surface area contributed by atoms with E-state index in [2.05, 4.69) is 28.1 Å². The predicted octanol–water partition coefficient (Wildman–Crippen LogP) is 4.05. The lowest BCUT2D eigenvalue weighted by Crippen LogP contribution is -1.94. The molecule has 0 spiro atoms. The zero-order valence-corrected chi connectivity index (χ0v) is 8.93. The molecule has 0 nitrogen and oxygen atoms in total. The Morgan fingerprint density at radius 2 is 2.15 bits per heavy atom. The maximum atomic E-state index is 12.9. The van der Waals surface area contributed by atoms with Gasteiger partial charge in [-0.05, 0) is 42.9 Å². The van der Waals surface area contributed by atoms with Crippen molar-refractivity contribution in [3.63, 3.8) is 0 Å². The number of benzene rings is 1. The van der Waals surface area contributed by atoms with Crippen molar-refractivity contribution >= 4 is 15.9 Å². The third kappa shape index (κ3) is 2.11. The second kappa shape index (κ2) is 3.79. The first-order chi connectivity index (χ1) is 6.25. The molecule has 0 N–H and O–H groups in total. The Bertz CT molecular complexity index is 298. The van der Waals surface area contributed by atoms with E-state index in [0.29, 0.717) is 12.3 Å². The van der Waals surface area contributed by atoms with Crippen LogP contribution in [0.5, 0.6) is 0 Å². The first-order valence-corrected chi connectivity index (χ1v) is 5.44. The number of alkyl halides is 1. The fourth-order valence-corrected chi connectivity index (χ4v) is 2.41. The molecule has 2 heteroatoms. The second-order valence-corrected chi connectivity index (χ2v) is 4.58. The Morgan fingerprint density at radius 3 is 2.77 bits per heavy atom. The Kier molecular flexibility index (Phi) is 2.68. The largest absolute Gasteiger partial charge is 0.247 e. The van der Waals surface area contributed by atoms with Gasteiger partial charge < -0.3 is 0 Å². The van der Waals surface area contributed by atoms with Crippen molar-refractivity contribution in [2.75, 3.05) is 0 Å². The number of hydrogen-bond acceptors (Lipinski definition) is 0. The summed E-state index contributed by atoms with van der Waals surface area (Å²) in [4.78, 5) is 0. The molecule has 0 aliphatic heterocycles. The van der Waals surface area contributed by atoms with Crippen molar-refractivity contribution < 1.29 is 4.39 Å². The van der Waals surface area contributed by atoms with Gasteiger partial charge in [-0.1, -0.05) is 28.1 Å². The molecule has 0 saturated heterocycles. The van der Waals surface area contributed by atoms with Crippen LogP contribution < -0.4 is 0 Å². The van der Waals surface area contributed by atoms with Gasteiger partial charge in [-0.15, -0.1) is 0 Å². The van der Waals surface area contributed by atoms with E-state index in [9.17, 15) is 4.39 Å². The highest BCUT2D eigenvalue weighted by atomic mass is 79.9. The van der Waals surface area contributed by atoms with Crippen LogP contribution in [0.4, 0.5) is 4.39 Å². The third-order valence-electron chi connectivity index (χ3n) is 2.69. The molecular formula is C11H12BrF. The maximum absolute atomic E-state index is 12.9. The van der Waals surface area contributed by atoms with Crippen LogP contribution in [0.25, 0.3) is 0 Å². The van der Waals surface area contributed by atoms with Crippen LogP contribution in [-0.2, 0) is 0 Å². The zero-order valence-electron chi connectivity index (χ0n) is 7.34. The van der Waals surface area contributed by atoms with Crippen molar-refractivity contribution in [2.24, 2.45) is 0 Å². The fraction of sp³-hybridized carbons (Fsp3) is 0.455. The van der Waals surface area contributed by atoms with Gasteiger partial charge in [0.15, 0.2) is 0 Å². The van der Waals surface area contributed by atoms with Gasteiger partial charge in [-0.2, -0.15) is 0 Å². The van der Waals surface area contributed by atoms with Crippen molar-refractivity contribution in [3.8, 4) is 0 Å². The van der Waals surface area contributed by atoms with Gasteiger partial charge in [0.05, 0.1) is 0 Å². The molecule has 0 heterocycles. The zero-order chi connectivity index (χ0) is 9.26. The van der Waals surface area contributed by atoms with E-state index >= 15 is 0 Å². The second-order valence-electron chi connectivity index (χ2n) is 3.66. The van der Waals surface area contributed by atoms with Gasteiger partial charge in [0.1, 0.15) is 6.17 Å². The van der Waals surface area contributed by atoms with E-state index in [1.807, 2.05) is 12.1 Å². The molecule has 0 radical (unpaired) electrons. The summed E-state index contributed by atoms with van der Waals surface area (Å²) in [5.41, 5.74) is 1.27. The molecule has 0 aromatic heterocycles. The van der Waals surface area contributed by atoms with Gasteiger partial charge in [-0.3, -0.25) is 0 Å². The Balaban J connectivity index is 2.16. The monoisotopic (exact) mass is 242 g/mol. The molecule has 1 fully saturated rings. The molecule has 0 bridgehead atoms. The molecule has 70 valence electrons. The first kappa shape index (κ1) is 9.20. The lowest BCUT2D eigenvalue weighted by molar-refractivity contribution is 0.339. The lowest BCUT2D eigenvalue weighted by Gasteiger charge is -2.08. The van der Waals surface area contributed by atoms with E-state index in [4.69, 9.17) is 0 Å². The minimum Gasteiger partial charge on any atom is -0.247 e. The summed E-state index contributed by atoms with van der Waals surface area (Å²) in [7, 11) is 0. The van der Waals surface area contributed by atoms with Gasteiger partial charge in [0.2, 0.25) is 0 Å². The number of rotatable bonds is 1. The molecule has 1 aromatic carbocycles. The summed E-state index contributed by atoms with van der Waals surface area (Å²) < 4.78 is 14.0. The van der Waals surface area contributed by atoms with E-state index in [0.717, 1.165) is 17.3 Å². The summed E-state index contributed by atoms with van der Waals surface area (Å²) in [6.07, 6.45) is 1.86. The lowest BCUT2D eigenvalue weighted by atomic mass is 9.98. The van der Waals surface area contributed by atoms with Crippen LogP contribution >= 0.6 is 15.9 Å². The Labute approximate surface area is 86.3 Å². The molecule has 1 saturated carbocycles. The quantitative estimate of drug-likeness (QED) is 0.697. The topological polar surface area (TPSA) is 0 Å². The average Bonchev–Trinajstić information content (AvgIpc) is 2.52. The van der Waals surface area contributed by atoms with Crippen LogP contribution in [0, 0.1) is 0 Å². The highest BCUT2D eigenvalue weighted by Gasteiger charge is 2.25. The Hall–Kier alpha value is -0.370. The minimum atomic E-state index is -0.580. The standard InChI is InChI=1S/C11H12BrF/c12-10-3-1-2-8(6-10)9-4-5-11(13)7-9/h1-3,6,9,11H,4-5,7H2. The van der Waals surface area contributed by atoms with Crippen LogP contribution in [0.2, 0.25) is 0 Å². The average molecular weight is 243 g/mol. The number of hydrogen-bond donors (Lipinski definition) is 0. The highest BCUT2D eigenvalue weighted by molar-refractivity contribution is 9.10. The van der Waals surface area contributed by atoms with E-state index in [1.165, 1.54) is 5.56 Å². The fourth-order valence-electron chi connectivity index (χ4n) is 1.99. The molecule has 2 atom stereocenters. The van der Waals surface area contributed by atoms with Crippen molar-refractivity contribution in [1.82, 2.24) is 0 Å². The van der Waals surface area contributed by atoms with E-state index < -0.39 is 6.17 Å². The van der Waals surface area contributed by atoms with E-state index in [-0.39, 0.29) is 0 Å². The molecule has 1 aliphatic carbocycles. The summed E-state index contributed by atoms with van der Waals surface area (Å²) in [5, 5.41) is 0. The van der Waals surface area contributed by atoms with Gasteiger partial charge in [-0.25, -0.2) is 4.39 Å². The minimum absolute atomic E-state index is 0.437. The highest BCUT2D eigenvalue weighted by Crippen LogP contribution is 2.36. The van der Waals surface area contributed by atoms with Crippen molar-refractivity contribution in [2.45, 2.75) is 31.4 Å². The summed E-state index contributed by atoms with van der Waals surface area (Å²) in [6.45, 7) is 0.